The lowest BCUT2D eigenvalue weighted by atomic mass is 10.2. The van der Waals surface area contributed by atoms with Gasteiger partial charge in [-0.15, -0.1) is 5.10 Å². The Bertz CT molecular complexity index is 645. The molecule has 1 N–H and O–H groups in total. The Labute approximate surface area is 143 Å². The maximum absolute atomic E-state index is 5.39. The van der Waals surface area contributed by atoms with Gasteiger partial charge in [-0.25, -0.2) is 0 Å². The van der Waals surface area contributed by atoms with Gasteiger partial charge >= 0.3 is 0 Å². The summed E-state index contributed by atoms with van der Waals surface area (Å²) in [4.78, 5) is 6.79. The molecule has 0 atom stereocenters. The fourth-order valence-corrected chi connectivity index (χ4v) is 2.40. The van der Waals surface area contributed by atoms with E-state index in [0.717, 1.165) is 43.2 Å². The first kappa shape index (κ1) is 17.8. The lowest BCUT2D eigenvalue weighted by Gasteiger charge is -2.22. The van der Waals surface area contributed by atoms with E-state index in [9.17, 15) is 0 Å². The Morgan fingerprint density at radius 3 is 2.46 bits per heavy atom. The summed E-state index contributed by atoms with van der Waals surface area (Å²) in [5.74, 6) is 2.64. The molecule has 0 aliphatic carbocycles. The number of methoxy groups -OCH3 is 2. The van der Waals surface area contributed by atoms with Crippen LogP contribution < -0.4 is 19.7 Å². The van der Waals surface area contributed by atoms with Gasteiger partial charge < -0.3 is 19.7 Å². The number of ether oxygens (including phenoxy) is 2. The zero-order valence-corrected chi connectivity index (χ0v) is 14.7. The van der Waals surface area contributed by atoms with Crippen molar-refractivity contribution >= 4 is 17.5 Å². The van der Waals surface area contributed by atoms with Gasteiger partial charge in [0.05, 0.1) is 26.1 Å². The second-order valence-electron chi connectivity index (χ2n) is 5.32. The van der Waals surface area contributed by atoms with E-state index >= 15 is 0 Å². The summed E-state index contributed by atoms with van der Waals surface area (Å²) < 4.78 is 10.6. The third-order valence-corrected chi connectivity index (χ3v) is 3.51. The maximum atomic E-state index is 5.39. The molecule has 1 heterocycles. The average molecular weight is 331 g/mol. The van der Waals surface area contributed by atoms with Crippen molar-refractivity contribution in [1.29, 1.82) is 0 Å². The van der Waals surface area contributed by atoms with Crippen LogP contribution in [0.2, 0.25) is 0 Å². The second-order valence-corrected chi connectivity index (χ2v) is 5.32. The van der Waals surface area contributed by atoms with Crippen LogP contribution in [0.5, 0.6) is 11.5 Å². The topological polar surface area (TPSA) is 72.4 Å². The van der Waals surface area contributed by atoms with Gasteiger partial charge in [0.1, 0.15) is 11.5 Å². The molecule has 0 amide bonds. The molecule has 2 rings (SSSR count). The van der Waals surface area contributed by atoms with E-state index < -0.39 is 0 Å². The molecular formula is C17H25N5O2. The second kappa shape index (κ2) is 8.90. The van der Waals surface area contributed by atoms with E-state index in [1.807, 2.05) is 12.1 Å². The molecule has 1 aromatic carbocycles. The van der Waals surface area contributed by atoms with Crippen LogP contribution in [-0.2, 0) is 0 Å². The van der Waals surface area contributed by atoms with Crippen molar-refractivity contribution in [3.05, 3.63) is 24.4 Å². The molecule has 0 aliphatic rings. The molecule has 0 aliphatic heterocycles. The molecule has 0 saturated carbocycles. The van der Waals surface area contributed by atoms with Crippen molar-refractivity contribution in [3.8, 4) is 11.5 Å². The lowest BCUT2D eigenvalue weighted by Crippen LogP contribution is -2.26. The van der Waals surface area contributed by atoms with E-state index in [0.29, 0.717) is 11.7 Å². The first-order valence-electron chi connectivity index (χ1n) is 8.15. The molecule has 0 spiro atoms. The van der Waals surface area contributed by atoms with Gasteiger partial charge in [-0.05, 0) is 25.0 Å². The highest BCUT2D eigenvalue weighted by molar-refractivity contribution is 5.64. The maximum Gasteiger partial charge on any atom is 0.249 e. The molecule has 0 unspecified atom stereocenters. The molecule has 24 heavy (non-hydrogen) atoms. The summed E-state index contributed by atoms with van der Waals surface area (Å²) >= 11 is 0. The third kappa shape index (κ3) is 4.47. The minimum absolute atomic E-state index is 0.438. The zero-order valence-electron chi connectivity index (χ0n) is 14.7. The van der Waals surface area contributed by atoms with Gasteiger partial charge in [0, 0.05) is 19.2 Å². The number of benzene rings is 1. The van der Waals surface area contributed by atoms with Gasteiger partial charge in [0.2, 0.25) is 5.95 Å². The number of rotatable bonds is 9. The first-order chi connectivity index (χ1) is 11.7. The summed E-state index contributed by atoms with van der Waals surface area (Å²) in [6.45, 7) is 6.19. The molecule has 0 saturated heterocycles. The highest BCUT2D eigenvalue weighted by Gasteiger charge is 2.11. The average Bonchev–Trinajstić information content (AvgIpc) is 2.62. The van der Waals surface area contributed by atoms with Gasteiger partial charge in [0.15, 0.2) is 5.82 Å². The number of hydrogen-bond acceptors (Lipinski definition) is 7. The standard InChI is InChI=1S/C17H25N5O2/c1-5-9-22(10-6-2)16-12-18-21-17(20-16)19-14-8-7-13(23-3)11-15(14)24-4/h7-8,11-12H,5-6,9-10H2,1-4H3,(H,19,20,21). The van der Waals surface area contributed by atoms with E-state index in [4.69, 9.17) is 9.47 Å². The van der Waals surface area contributed by atoms with Gasteiger partial charge in [-0.3, -0.25) is 0 Å². The number of anilines is 3. The predicted molar refractivity (Wildman–Crippen MR) is 95.5 cm³/mol. The van der Waals surface area contributed by atoms with Gasteiger partial charge in [-0.1, -0.05) is 13.8 Å². The molecule has 0 radical (unpaired) electrons. The van der Waals surface area contributed by atoms with Crippen LogP contribution in [0.4, 0.5) is 17.5 Å². The van der Waals surface area contributed by atoms with Crippen LogP contribution in [0.1, 0.15) is 26.7 Å². The smallest absolute Gasteiger partial charge is 0.249 e. The Kier molecular flexibility index (Phi) is 6.60. The monoisotopic (exact) mass is 331 g/mol. The zero-order chi connectivity index (χ0) is 17.4. The van der Waals surface area contributed by atoms with Crippen molar-refractivity contribution in [1.82, 2.24) is 15.2 Å². The van der Waals surface area contributed by atoms with Crippen LogP contribution in [0.25, 0.3) is 0 Å². The normalized spacial score (nSPS) is 10.3. The predicted octanol–water partition coefficient (Wildman–Crippen LogP) is 3.26. The fraction of sp³-hybridized carbons (Fsp3) is 0.471. The summed E-state index contributed by atoms with van der Waals surface area (Å²) in [6.07, 6.45) is 3.81. The van der Waals surface area contributed by atoms with Crippen molar-refractivity contribution in [2.24, 2.45) is 0 Å². The summed E-state index contributed by atoms with van der Waals surface area (Å²) in [7, 11) is 3.23. The Morgan fingerprint density at radius 1 is 1.08 bits per heavy atom. The minimum atomic E-state index is 0.438. The van der Waals surface area contributed by atoms with Crippen LogP contribution in [-0.4, -0.2) is 42.5 Å². The first-order valence-corrected chi connectivity index (χ1v) is 8.15. The number of hydrogen-bond donors (Lipinski definition) is 1. The minimum Gasteiger partial charge on any atom is -0.497 e. The van der Waals surface area contributed by atoms with Crippen LogP contribution in [0, 0.1) is 0 Å². The summed E-state index contributed by atoms with van der Waals surface area (Å²) in [5.41, 5.74) is 0.759. The van der Waals surface area contributed by atoms with Crippen LogP contribution >= 0.6 is 0 Å². The third-order valence-electron chi connectivity index (χ3n) is 3.51. The summed E-state index contributed by atoms with van der Waals surface area (Å²) in [6, 6.07) is 5.52. The van der Waals surface area contributed by atoms with Gasteiger partial charge in [-0.2, -0.15) is 10.1 Å². The van der Waals surface area contributed by atoms with Crippen LogP contribution in [0.3, 0.4) is 0 Å². The molecule has 7 heteroatoms. The molecular weight excluding hydrogens is 306 g/mol. The molecule has 0 bridgehead atoms. The Morgan fingerprint density at radius 2 is 1.83 bits per heavy atom. The molecule has 130 valence electrons. The SMILES string of the molecule is CCCN(CCC)c1cnnc(Nc2ccc(OC)cc2OC)n1. The van der Waals surface area contributed by atoms with E-state index in [1.54, 1.807) is 26.5 Å². The van der Waals surface area contributed by atoms with Crippen molar-refractivity contribution in [3.63, 3.8) is 0 Å². The molecule has 7 nitrogen and oxygen atoms in total. The van der Waals surface area contributed by atoms with E-state index in [-0.39, 0.29) is 0 Å². The van der Waals surface area contributed by atoms with Gasteiger partial charge in [0.25, 0.3) is 0 Å². The van der Waals surface area contributed by atoms with Crippen molar-refractivity contribution in [2.45, 2.75) is 26.7 Å². The fourth-order valence-electron chi connectivity index (χ4n) is 2.40. The van der Waals surface area contributed by atoms with Crippen LogP contribution in [0.15, 0.2) is 24.4 Å². The number of nitrogens with one attached hydrogen (secondary N) is 1. The summed E-state index contributed by atoms with van der Waals surface area (Å²) in [5, 5.41) is 11.3. The number of aromatic nitrogens is 3. The van der Waals surface area contributed by atoms with Crippen molar-refractivity contribution in [2.75, 3.05) is 37.5 Å². The Hall–Kier alpha value is -2.57. The molecule has 0 fully saturated rings. The quantitative estimate of drug-likeness (QED) is 0.756. The molecule has 1 aromatic heterocycles. The number of nitrogens with zero attached hydrogens (tertiary/aromatic N) is 4. The lowest BCUT2D eigenvalue weighted by molar-refractivity contribution is 0.395. The largest absolute Gasteiger partial charge is 0.497 e. The highest BCUT2D eigenvalue weighted by atomic mass is 16.5. The molecule has 2 aromatic rings. The highest BCUT2D eigenvalue weighted by Crippen LogP contribution is 2.30. The Balaban J connectivity index is 2.23. The van der Waals surface area contributed by atoms with E-state index in [2.05, 4.69) is 39.2 Å². The van der Waals surface area contributed by atoms with Crippen molar-refractivity contribution < 1.29 is 9.47 Å². The van der Waals surface area contributed by atoms with E-state index in [1.165, 1.54) is 0 Å².